The van der Waals surface area contributed by atoms with Gasteiger partial charge in [-0.05, 0) is 18.8 Å². The lowest BCUT2D eigenvalue weighted by Crippen LogP contribution is -2.59. The second-order valence-electron chi connectivity index (χ2n) is 13.2. The molecular formula is C33H59N11O8S3. The Balaban J connectivity index is 2.75. The van der Waals surface area contributed by atoms with Gasteiger partial charge in [0, 0.05) is 79.6 Å². The summed E-state index contributed by atoms with van der Waals surface area (Å²) in [7, 11) is 0. The van der Waals surface area contributed by atoms with E-state index < -0.39 is 29.8 Å². The first-order chi connectivity index (χ1) is 26.0. The molecule has 1 aliphatic heterocycles. The first kappa shape index (κ1) is 49.1. The molecule has 1 rings (SSSR count). The predicted molar refractivity (Wildman–Crippen MR) is 215 cm³/mol. The molecule has 8 amide bonds. The highest BCUT2D eigenvalue weighted by molar-refractivity contribution is 7.99. The molecule has 312 valence electrons. The van der Waals surface area contributed by atoms with Crippen molar-refractivity contribution in [2.75, 3.05) is 61.1 Å². The highest BCUT2D eigenvalue weighted by atomic mass is 32.2. The van der Waals surface area contributed by atoms with Crippen molar-refractivity contribution in [1.29, 1.82) is 5.41 Å². The molecule has 0 aromatic rings. The lowest BCUT2D eigenvalue weighted by atomic mass is 10.1. The molecule has 1 heterocycles. The molecule has 1 fully saturated rings. The number of primary amides is 3. The van der Waals surface area contributed by atoms with Crippen molar-refractivity contribution in [3.8, 4) is 0 Å². The molecule has 0 aromatic heterocycles. The summed E-state index contributed by atoms with van der Waals surface area (Å²) in [6, 6.07) is -1.83. The van der Waals surface area contributed by atoms with Gasteiger partial charge in [-0.15, -0.1) is 0 Å². The molecule has 1 saturated heterocycles. The van der Waals surface area contributed by atoms with E-state index in [4.69, 9.17) is 28.3 Å². The molecule has 0 aromatic carbocycles. The van der Waals surface area contributed by atoms with E-state index in [0.29, 0.717) is 30.2 Å². The lowest BCUT2D eigenvalue weighted by Gasteiger charge is -2.42. The van der Waals surface area contributed by atoms with Crippen molar-refractivity contribution in [2.45, 2.75) is 83.7 Å². The van der Waals surface area contributed by atoms with Crippen LogP contribution in [0.4, 0.5) is 0 Å². The SMILES string of the molecule is CC(C)CC(=O)N[C@H](CSCCC(=O)N1CN(C(=O)CCSCCC(N)=O)CN(C(=O)CCSC[C@@H](NC(=O)CCCCCNC(=N)N)C(N)=O)C1)C(N)=O. The number of unbranched alkanes of at least 4 members (excludes halogenated alkanes) is 2. The summed E-state index contributed by atoms with van der Waals surface area (Å²) in [5.74, 6) is -1.59. The Morgan fingerprint density at radius 3 is 1.45 bits per heavy atom. The number of amides is 8. The van der Waals surface area contributed by atoms with Crippen LogP contribution in [-0.4, -0.2) is 141 Å². The van der Waals surface area contributed by atoms with Gasteiger partial charge in [-0.2, -0.15) is 35.3 Å². The summed E-state index contributed by atoms with van der Waals surface area (Å²) in [6.45, 7) is 4.16. The second-order valence-corrected chi connectivity index (χ2v) is 16.8. The summed E-state index contributed by atoms with van der Waals surface area (Å²) in [5.41, 5.74) is 21.4. The number of thioether (sulfide) groups is 3. The summed E-state index contributed by atoms with van der Waals surface area (Å²) in [6.07, 6.45) is 2.83. The molecule has 1 aliphatic rings. The van der Waals surface area contributed by atoms with Gasteiger partial charge in [0.2, 0.25) is 47.3 Å². The minimum absolute atomic E-state index is 0.0261. The molecule has 0 radical (unpaired) electrons. The molecule has 55 heavy (non-hydrogen) atoms. The number of nitrogens with one attached hydrogen (secondary N) is 4. The van der Waals surface area contributed by atoms with Crippen LogP contribution in [0, 0.1) is 11.3 Å². The number of hydrogen-bond donors (Lipinski definition) is 8. The molecule has 19 nitrogen and oxygen atoms in total. The van der Waals surface area contributed by atoms with E-state index >= 15 is 0 Å². The van der Waals surface area contributed by atoms with Gasteiger partial charge in [-0.3, -0.25) is 43.8 Å². The van der Waals surface area contributed by atoms with Crippen molar-refractivity contribution in [2.24, 2.45) is 28.9 Å². The number of rotatable bonds is 28. The number of hydrogen-bond acceptors (Lipinski definition) is 12. The summed E-state index contributed by atoms with van der Waals surface area (Å²) in [5, 5.41) is 15.1. The van der Waals surface area contributed by atoms with Crippen LogP contribution in [-0.2, 0) is 38.4 Å². The third kappa shape index (κ3) is 22.9. The van der Waals surface area contributed by atoms with E-state index in [2.05, 4.69) is 16.0 Å². The number of guanidine groups is 1. The maximum absolute atomic E-state index is 13.4. The van der Waals surface area contributed by atoms with Gasteiger partial charge < -0.3 is 53.6 Å². The van der Waals surface area contributed by atoms with Gasteiger partial charge >= 0.3 is 0 Å². The van der Waals surface area contributed by atoms with Crippen LogP contribution >= 0.6 is 35.3 Å². The van der Waals surface area contributed by atoms with Crippen LogP contribution in [0.5, 0.6) is 0 Å². The standard InChI is InChI=1S/C33H59N11O8S3/c1-22(2)16-27(47)41-24(32(36)52)18-55-15-10-30(50)44-20-42(28(48)8-13-53-12-7-25(34)45)19-43(21-44)29(49)9-14-54-17-23(31(35)51)40-26(46)6-4-3-5-11-39-33(37)38/h22-24H,3-21H2,1-2H3,(H2,34,45)(H2,35,51)(H2,36,52)(H,40,46)(H,41,47)(H4,37,38,39)/t23-,24-/m1/s1. The molecule has 12 N–H and O–H groups in total. The average molecular weight is 834 g/mol. The van der Waals surface area contributed by atoms with E-state index in [0.717, 1.165) is 12.8 Å². The van der Waals surface area contributed by atoms with Gasteiger partial charge in [0.05, 0.1) is 20.0 Å². The van der Waals surface area contributed by atoms with E-state index in [1.54, 1.807) is 0 Å². The molecule has 0 aliphatic carbocycles. The first-order valence-corrected chi connectivity index (χ1v) is 21.6. The van der Waals surface area contributed by atoms with Gasteiger partial charge in [0.1, 0.15) is 12.1 Å². The fourth-order valence-electron chi connectivity index (χ4n) is 4.95. The summed E-state index contributed by atoms with van der Waals surface area (Å²) < 4.78 is 0. The fraction of sp³-hybridized carbons (Fsp3) is 0.727. The van der Waals surface area contributed by atoms with Gasteiger partial charge in [-0.25, -0.2) is 0 Å². The van der Waals surface area contributed by atoms with E-state index in [9.17, 15) is 38.4 Å². The Kier molecular flexibility index (Phi) is 24.7. The third-order valence-corrected chi connectivity index (χ3v) is 11.0. The molecule has 22 heteroatoms. The maximum atomic E-state index is 13.4. The first-order valence-electron chi connectivity index (χ1n) is 18.1. The summed E-state index contributed by atoms with van der Waals surface area (Å²) in [4.78, 5) is 104. The molecule has 2 atom stereocenters. The molecule has 0 bridgehead atoms. The van der Waals surface area contributed by atoms with Crippen LogP contribution in [0.15, 0.2) is 0 Å². The monoisotopic (exact) mass is 833 g/mol. The van der Waals surface area contributed by atoms with E-state index in [1.165, 1.54) is 50.0 Å². The normalized spacial score (nSPS) is 13.8. The Bertz CT molecular complexity index is 1330. The maximum Gasteiger partial charge on any atom is 0.240 e. The minimum Gasteiger partial charge on any atom is -0.370 e. The molecule has 0 saturated carbocycles. The van der Waals surface area contributed by atoms with Crippen molar-refractivity contribution < 1.29 is 38.4 Å². The van der Waals surface area contributed by atoms with Crippen LogP contribution < -0.4 is 38.9 Å². The highest BCUT2D eigenvalue weighted by Crippen LogP contribution is 2.17. The quantitative estimate of drug-likeness (QED) is 0.0257. The van der Waals surface area contributed by atoms with Crippen molar-refractivity contribution in [3.63, 3.8) is 0 Å². The van der Waals surface area contributed by atoms with E-state index in [1.807, 2.05) is 13.8 Å². The minimum atomic E-state index is -0.934. The topological polar surface area (TPSA) is 310 Å². The van der Waals surface area contributed by atoms with Crippen LogP contribution in [0.1, 0.15) is 71.6 Å². The zero-order valence-corrected chi connectivity index (χ0v) is 34.3. The van der Waals surface area contributed by atoms with Crippen molar-refractivity contribution >= 4 is 88.5 Å². The predicted octanol–water partition coefficient (Wildman–Crippen LogP) is -1.37. The summed E-state index contributed by atoms with van der Waals surface area (Å²) >= 11 is 3.92. The van der Waals surface area contributed by atoms with Gasteiger partial charge in [0.15, 0.2) is 5.96 Å². The van der Waals surface area contributed by atoms with Crippen LogP contribution in [0.25, 0.3) is 0 Å². The number of nitrogens with zero attached hydrogens (tertiary/aromatic N) is 3. The molecule has 0 unspecified atom stereocenters. The number of carbonyl (C=O) groups is 8. The Hall–Kier alpha value is -3.92. The zero-order valence-electron chi connectivity index (χ0n) is 31.8. The lowest BCUT2D eigenvalue weighted by molar-refractivity contribution is -0.158. The van der Waals surface area contributed by atoms with Crippen molar-refractivity contribution in [1.82, 2.24) is 30.7 Å². The van der Waals surface area contributed by atoms with Crippen molar-refractivity contribution in [3.05, 3.63) is 0 Å². The van der Waals surface area contributed by atoms with E-state index in [-0.39, 0.29) is 117 Å². The number of nitrogens with two attached hydrogens (primary N) is 4. The Morgan fingerprint density at radius 2 is 1.04 bits per heavy atom. The second kappa shape index (κ2) is 27.6. The smallest absolute Gasteiger partial charge is 0.240 e. The molecular weight excluding hydrogens is 775 g/mol. The highest BCUT2D eigenvalue weighted by Gasteiger charge is 2.32. The molecule has 0 spiro atoms. The largest absolute Gasteiger partial charge is 0.370 e. The Labute approximate surface area is 335 Å². The third-order valence-electron chi connectivity index (χ3n) is 7.87. The zero-order chi connectivity index (χ0) is 41.3. The Morgan fingerprint density at radius 1 is 0.600 bits per heavy atom. The van der Waals surface area contributed by atoms with Gasteiger partial charge in [-0.1, -0.05) is 20.3 Å². The number of carbonyl (C=O) groups excluding carboxylic acids is 8. The van der Waals surface area contributed by atoms with Gasteiger partial charge in [0.25, 0.3) is 0 Å². The van der Waals surface area contributed by atoms with Crippen LogP contribution in [0.3, 0.4) is 0 Å². The average Bonchev–Trinajstić information content (AvgIpc) is 3.10. The fourth-order valence-corrected chi connectivity index (χ4v) is 7.75. The van der Waals surface area contributed by atoms with Crippen LogP contribution in [0.2, 0.25) is 0 Å².